The lowest BCUT2D eigenvalue weighted by Crippen LogP contribution is -2.22. The Morgan fingerprint density at radius 2 is 2.07 bits per heavy atom. The van der Waals surface area contributed by atoms with Gasteiger partial charge in [0.1, 0.15) is 5.01 Å². The summed E-state index contributed by atoms with van der Waals surface area (Å²) in [6.45, 7) is 8.49. The standard InChI is InChI=1S/C10H19N3OS/c1-5-7(6-14)11-9-13-12-8(15-9)10(2,3)4/h7,14H,5-6H2,1-4H3,(H,11,13)/t7-/m0/s1. The van der Waals surface area contributed by atoms with Gasteiger partial charge in [-0.2, -0.15) is 0 Å². The van der Waals surface area contributed by atoms with Crippen LogP contribution in [0.25, 0.3) is 0 Å². The highest BCUT2D eigenvalue weighted by Crippen LogP contribution is 2.27. The van der Waals surface area contributed by atoms with Crippen molar-refractivity contribution < 1.29 is 5.11 Å². The van der Waals surface area contributed by atoms with Crippen LogP contribution in [0.5, 0.6) is 0 Å². The number of rotatable bonds is 4. The summed E-state index contributed by atoms with van der Waals surface area (Å²) in [5, 5.41) is 22.2. The molecule has 1 heterocycles. The first-order valence-corrected chi connectivity index (χ1v) is 6.00. The molecule has 0 radical (unpaired) electrons. The Bertz CT molecular complexity index is 302. The number of anilines is 1. The summed E-state index contributed by atoms with van der Waals surface area (Å²) in [7, 11) is 0. The van der Waals surface area contributed by atoms with Crippen molar-refractivity contribution in [3.05, 3.63) is 5.01 Å². The summed E-state index contributed by atoms with van der Waals surface area (Å²) in [4.78, 5) is 0. The lowest BCUT2D eigenvalue weighted by Gasteiger charge is -2.13. The summed E-state index contributed by atoms with van der Waals surface area (Å²) in [5.41, 5.74) is 0.0402. The Morgan fingerprint density at radius 3 is 2.47 bits per heavy atom. The first-order valence-electron chi connectivity index (χ1n) is 5.18. The van der Waals surface area contributed by atoms with Gasteiger partial charge < -0.3 is 10.4 Å². The largest absolute Gasteiger partial charge is 0.394 e. The quantitative estimate of drug-likeness (QED) is 0.829. The molecule has 0 spiro atoms. The molecule has 1 rings (SSSR count). The summed E-state index contributed by atoms with van der Waals surface area (Å²) in [6, 6.07) is 0.0748. The van der Waals surface area contributed by atoms with E-state index in [0.29, 0.717) is 0 Å². The Hall–Kier alpha value is -0.680. The number of hydrogen-bond donors (Lipinski definition) is 2. The highest BCUT2D eigenvalue weighted by molar-refractivity contribution is 7.15. The van der Waals surface area contributed by atoms with Crippen LogP contribution in [0.1, 0.15) is 39.1 Å². The van der Waals surface area contributed by atoms with Crippen LogP contribution in [0.15, 0.2) is 0 Å². The zero-order valence-corrected chi connectivity index (χ0v) is 10.6. The van der Waals surface area contributed by atoms with Crippen LogP contribution in [0, 0.1) is 0 Å². The maximum atomic E-state index is 9.05. The van der Waals surface area contributed by atoms with Crippen LogP contribution in [0.2, 0.25) is 0 Å². The maximum Gasteiger partial charge on any atom is 0.205 e. The topological polar surface area (TPSA) is 58.0 Å². The minimum Gasteiger partial charge on any atom is -0.394 e. The van der Waals surface area contributed by atoms with Crippen LogP contribution >= 0.6 is 11.3 Å². The molecule has 0 bridgehead atoms. The van der Waals surface area contributed by atoms with Gasteiger partial charge in [0.05, 0.1) is 12.6 Å². The zero-order chi connectivity index (χ0) is 11.5. The van der Waals surface area contributed by atoms with E-state index in [2.05, 4.69) is 36.3 Å². The average molecular weight is 229 g/mol. The minimum absolute atomic E-state index is 0.0402. The number of aliphatic hydroxyl groups excluding tert-OH is 1. The normalized spacial score (nSPS) is 13.9. The highest BCUT2D eigenvalue weighted by atomic mass is 32.1. The molecule has 0 aromatic carbocycles. The van der Waals surface area contributed by atoms with E-state index in [0.717, 1.165) is 16.6 Å². The molecule has 2 N–H and O–H groups in total. The van der Waals surface area contributed by atoms with Crippen molar-refractivity contribution in [1.29, 1.82) is 0 Å². The lowest BCUT2D eigenvalue weighted by molar-refractivity contribution is 0.272. The second kappa shape index (κ2) is 4.90. The molecule has 4 nitrogen and oxygen atoms in total. The van der Waals surface area contributed by atoms with Crippen molar-refractivity contribution in [2.45, 2.75) is 45.6 Å². The zero-order valence-electron chi connectivity index (χ0n) is 9.74. The third-order valence-corrected chi connectivity index (χ3v) is 3.39. The second-order valence-corrected chi connectivity index (χ2v) is 5.57. The van der Waals surface area contributed by atoms with Gasteiger partial charge in [-0.05, 0) is 6.42 Å². The molecule has 0 unspecified atom stereocenters. The van der Waals surface area contributed by atoms with Gasteiger partial charge in [-0.25, -0.2) is 0 Å². The molecule has 0 aliphatic carbocycles. The first kappa shape index (κ1) is 12.4. The van der Waals surface area contributed by atoms with Crippen LogP contribution < -0.4 is 5.32 Å². The van der Waals surface area contributed by atoms with Gasteiger partial charge in [-0.3, -0.25) is 0 Å². The number of nitrogens with zero attached hydrogens (tertiary/aromatic N) is 2. The molecule has 0 saturated heterocycles. The Balaban J connectivity index is 2.68. The number of aliphatic hydroxyl groups is 1. The van der Waals surface area contributed by atoms with Crippen LogP contribution in [0.4, 0.5) is 5.13 Å². The Labute approximate surface area is 94.7 Å². The Morgan fingerprint density at radius 1 is 1.40 bits per heavy atom. The fraction of sp³-hybridized carbons (Fsp3) is 0.800. The molecule has 0 fully saturated rings. The van der Waals surface area contributed by atoms with Crippen molar-refractivity contribution in [1.82, 2.24) is 10.2 Å². The van der Waals surface area contributed by atoms with Crippen molar-refractivity contribution in [3.63, 3.8) is 0 Å². The van der Waals surface area contributed by atoms with Gasteiger partial charge in [-0.15, -0.1) is 10.2 Å². The Kier molecular flexibility index (Phi) is 4.04. The molecule has 86 valence electrons. The molecule has 0 aliphatic rings. The molecule has 1 aromatic rings. The molecule has 5 heteroatoms. The van der Waals surface area contributed by atoms with Crippen LogP contribution in [-0.4, -0.2) is 28.0 Å². The lowest BCUT2D eigenvalue weighted by atomic mass is 9.98. The molecule has 15 heavy (non-hydrogen) atoms. The van der Waals surface area contributed by atoms with Crippen LogP contribution in [-0.2, 0) is 5.41 Å². The fourth-order valence-corrected chi connectivity index (χ4v) is 1.91. The van der Waals surface area contributed by atoms with E-state index >= 15 is 0 Å². The predicted octanol–water partition coefficient (Wildman–Crippen LogP) is 2.02. The van der Waals surface area contributed by atoms with E-state index in [1.807, 2.05) is 6.92 Å². The van der Waals surface area contributed by atoms with Crippen molar-refractivity contribution in [2.24, 2.45) is 0 Å². The van der Waals surface area contributed by atoms with Gasteiger partial charge in [0.25, 0.3) is 0 Å². The predicted molar refractivity (Wildman–Crippen MR) is 63.4 cm³/mol. The number of aromatic nitrogens is 2. The highest BCUT2D eigenvalue weighted by Gasteiger charge is 2.19. The number of hydrogen-bond acceptors (Lipinski definition) is 5. The number of nitrogens with one attached hydrogen (secondary N) is 1. The van der Waals surface area contributed by atoms with Gasteiger partial charge >= 0.3 is 0 Å². The van der Waals surface area contributed by atoms with E-state index < -0.39 is 0 Å². The smallest absolute Gasteiger partial charge is 0.205 e. The monoisotopic (exact) mass is 229 g/mol. The SMILES string of the molecule is CC[C@@H](CO)Nc1nnc(C(C)(C)C)s1. The van der Waals surface area contributed by atoms with Gasteiger partial charge in [-0.1, -0.05) is 39.0 Å². The van der Waals surface area contributed by atoms with Gasteiger partial charge in [0.2, 0.25) is 5.13 Å². The fourth-order valence-electron chi connectivity index (χ4n) is 1.04. The van der Waals surface area contributed by atoms with E-state index in [-0.39, 0.29) is 18.1 Å². The van der Waals surface area contributed by atoms with Gasteiger partial charge in [0, 0.05) is 5.41 Å². The molecular weight excluding hydrogens is 210 g/mol. The third-order valence-electron chi connectivity index (χ3n) is 2.11. The van der Waals surface area contributed by atoms with Crippen molar-refractivity contribution in [3.8, 4) is 0 Å². The second-order valence-electron chi connectivity index (χ2n) is 4.59. The summed E-state index contributed by atoms with van der Waals surface area (Å²) in [6.07, 6.45) is 0.876. The summed E-state index contributed by atoms with van der Waals surface area (Å²) in [5.74, 6) is 0. The molecule has 1 aromatic heterocycles. The van der Waals surface area contributed by atoms with E-state index in [1.165, 1.54) is 0 Å². The molecule has 1 atom stereocenters. The molecular formula is C10H19N3OS. The van der Waals surface area contributed by atoms with E-state index in [4.69, 9.17) is 5.11 Å². The summed E-state index contributed by atoms with van der Waals surface area (Å²) >= 11 is 1.55. The first-order chi connectivity index (χ1) is 6.97. The maximum absolute atomic E-state index is 9.05. The van der Waals surface area contributed by atoms with Crippen LogP contribution in [0.3, 0.4) is 0 Å². The van der Waals surface area contributed by atoms with E-state index in [1.54, 1.807) is 11.3 Å². The van der Waals surface area contributed by atoms with Crippen molar-refractivity contribution in [2.75, 3.05) is 11.9 Å². The minimum atomic E-state index is 0.0402. The molecule has 0 amide bonds. The van der Waals surface area contributed by atoms with Crippen molar-refractivity contribution >= 4 is 16.5 Å². The summed E-state index contributed by atoms with van der Waals surface area (Å²) < 4.78 is 0. The average Bonchev–Trinajstić information content (AvgIpc) is 2.61. The molecule has 0 saturated carbocycles. The van der Waals surface area contributed by atoms with Gasteiger partial charge in [0.15, 0.2) is 0 Å². The third kappa shape index (κ3) is 3.43. The molecule has 0 aliphatic heterocycles. The van der Waals surface area contributed by atoms with E-state index in [9.17, 15) is 0 Å².